The van der Waals surface area contributed by atoms with E-state index in [9.17, 15) is 9.18 Å². The van der Waals surface area contributed by atoms with Crippen LogP contribution in [-0.4, -0.2) is 40.7 Å². The van der Waals surface area contributed by atoms with Gasteiger partial charge >= 0.3 is 0 Å². The lowest BCUT2D eigenvalue weighted by molar-refractivity contribution is 0.0951. The van der Waals surface area contributed by atoms with E-state index in [-0.39, 0.29) is 12.5 Å². The van der Waals surface area contributed by atoms with Crippen molar-refractivity contribution in [1.82, 2.24) is 20.3 Å². The van der Waals surface area contributed by atoms with Gasteiger partial charge in [0.05, 0.1) is 23.4 Å². The van der Waals surface area contributed by atoms with Crippen LogP contribution in [0.1, 0.15) is 17.3 Å². The van der Waals surface area contributed by atoms with E-state index in [2.05, 4.69) is 20.6 Å². The van der Waals surface area contributed by atoms with Gasteiger partial charge in [-0.2, -0.15) is 0 Å². The summed E-state index contributed by atoms with van der Waals surface area (Å²) in [7, 11) is 0. The number of nitrogens with one attached hydrogen (secondary N) is 2. The second kappa shape index (κ2) is 9.82. The minimum atomic E-state index is -0.632. The van der Waals surface area contributed by atoms with Gasteiger partial charge in [-0.15, -0.1) is 0 Å². The average molecular weight is 431 g/mol. The number of halogens is 1. The van der Waals surface area contributed by atoms with Gasteiger partial charge in [0, 0.05) is 29.9 Å². The molecule has 1 amide bonds. The molecule has 7 nitrogen and oxygen atoms in total. The van der Waals surface area contributed by atoms with Gasteiger partial charge in [0.25, 0.3) is 5.91 Å². The zero-order chi connectivity index (χ0) is 22.3. The summed E-state index contributed by atoms with van der Waals surface area (Å²) in [6.45, 7) is 1.76. The van der Waals surface area contributed by atoms with Crippen LogP contribution >= 0.6 is 0 Å². The maximum atomic E-state index is 12.5. The van der Waals surface area contributed by atoms with Crippen LogP contribution < -0.4 is 15.4 Å². The summed E-state index contributed by atoms with van der Waals surface area (Å²) in [5, 5.41) is 6.57. The number of anilines is 2. The molecule has 0 saturated carbocycles. The van der Waals surface area contributed by atoms with Crippen molar-refractivity contribution in [2.75, 3.05) is 25.1 Å². The van der Waals surface area contributed by atoms with Crippen molar-refractivity contribution >= 4 is 28.3 Å². The Morgan fingerprint density at radius 1 is 1.09 bits per heavy atom. The molecule has 8 heteroatoms. The zero-order valence-corrected chi connectivity index (χ0v) is 17.5. The minimum absolute atomic E-state index is 0.0491. The summed E-state index contributed by atoms with van der Waals surface area (Å²) in [4.78, 5) is 26.1. The lowest BCUT2D eigenvalue weighted by Gasteiger charge is -2.15. The second-order valence-corrected chi connectivity index (χ2v) is 6.86. The Bertz CT molecular complexity index is 1230. The number of benzene rings is 2. The Hall–Kier alpha value is -4.07. The van der Waals surface area contributed by atoms with Gasteiger partial charge in [0.2, 0.25) is 0 Å². The number of ether oxygens (including phenoxy) is 1. The van der Waals surface area contributed by atoms with Gasteiger partial charge < -0.3 is 15.4 Å². The number of nitrogens with zero attached hydrogens (tertiary/aromatic N) is 3. The predicted octanol–water partition coefficient (Wildman–Crippen LogP) is 4.53. The number of hydrogen-bond donors (Lipinski definition) is 2. The Labute approximate surface area is 184 Å². The third kappa shape index (κ3) is 4.64. The van der Waals surface area contributed by atoms with Crippen molar-refractivity contribution in [3.05, 3.63) is 72.6 Å². The SMILES string of the molecule is CCOc1ccc2nc(-c3cccnc3)nc(Nc3ccccc3C(=O)NCCF)c2c1. The molecule has 0 aliphatic rings. The van der Waals surface area contributed by atoms with Crippen LogP contribution in [0.4, 0.5) is 15.9 Å². The number of hydrogen-bond acceptors (Lipinski definition) is 6. The summed E-state index contributed by atoms with van der Waals surface area (Å²) in [5.41, 5.74) is 2.41. The molecule has 2 N–H and O–H groups in total. The van der Waals surface area contributed by atoms with Gasteiger partial charge in [-0.25, -0.2) is 14.4 Å². The Morgan fingerprint density at radius 2 is 1.97 bits per heavy atom. The fraction of sp³-hybridized carbons (Fsp3) is 0.167. The number of carbonyl (C=O) groups excluding carboxylic acids is 1. The first kappa shape index (κ1) is 21.2. The molecule has 4 aromatic rings. The van der Waals surface area contributed by atoms with Crippen molar-refractivity contribution < 1.29 is 13.9 Å². The third-order valence-corrected chi connectivity index (χ3v) is 4.70. The molecule has 32 heavy (non-hydrogen) atoms. The molecular formula is C24H22FN5O2. The van der Waals surface area contributed by atoms with Crippen molar-refractivity contribution in [2.24, 2.45) is 0 Å². The molecule has 0 unspecified atom stereocenters. The average Bonchev–Trinajstić information content (AvgIpc) is 2.83. The minimum Gasteiger partial charge on any atom is -0.494 e. The van der Waals surface area contributed by atoms with E-state index >= 15 is 0 Å². The highest BCUT2D eigenvalue weighted by molar-refractivity contribution is 6.02. The Kier molecular flexibility index (Phi) is 6.50. The normalized spacial score (nSPS) is 10.7. The number of carbonyl (C=O) groups is 1. The maximum Gasteiger partial charge on any atom is 0.253 e. The molecule has 0 spiro atoms. The van der Waals surface area contributed by atoms with Crippen LogP contribution in [0.15, 0.2) is 67.0 Å². The lowest BCUT2D eigenvalue weighted by atomic mass is 10.1. The van der Waals surface area contributed by atoms with Crippen molar-refractivity contribution in [3.8, 4) is 17.1 Å². The number of aromatic nitrogens is 3. The van der Waals surface area contributed by atoms with Crippen LogP contribution in [0.25, 0.3) is 22.3 Å². The summed E-state index contributed by atoms with van der Waals surface area (Å²) in [6, 6.07) is 16.3. The highest BCUT2D eigenvalue weighted by atomic mass is 19.1. The predicted molar refractivity (Wildman–Crippen MR) is 122 cm³/mol. The van der Waals surface area contributed by atoms with E-state index in [4.69, 9.17) is 9.72 Å². The van der Waals surface area contributed by atoms with Gasteiger partial charge in [-0.3, -0.25) is 9.78 Å². The van der Waals surface area contributed by atoms with Crippen LogP contribution in [0, 0.1) is 0 Å². The first-order valence-corrected chi connectivity index (χ1v) is 10.2. The highest BCUT2D eigenvalue weighted by Crippen LogP contribution is 2.31. The summed E-state index contributed by atoms with van der Waals surface area (Å²) < 4.78 is 18.2. The lowest BCUT2D eigenvalue weighted by Crippen LogP contribution is -2.26. The number of alkyl halides is 1. The second-order valence-electron chi connectivity index (χ2n) is 6.86. The van der Waals surface area contributed by atoms with Gasteiger partial charge in [0.1, 0.15) is 18.2 Å². The molecule has 4 rings (SSSR count). The molecule has 0 saturated heterocycles. The van der Waals surface area contributed by atoms with E-state index < -0.39 is 6.67 Å². The van der Waals surface area contributed by atoms with Crippen LogP contribution in [0.3, 0.4) is 0 Å². The monoisotopic (exact) mass is 431 g/mol. The Balaban J connectivity index is 1.82. The molecule has 0 aliphatic carbocycles. The van der Waals surface area contributed by atoms with Crippen molar-refractivity contribution in [1.29, 1.82) is 0 Å². The quantitative estimate of drug-likeness (QED) is 0.426. The first-order valence-electron chi connectivity index (χ1n) is 10.2. The number of rotatable bonds is 8. The molecule has 162 valence electrons. The van der Waals surface area contributed by atoms with Crippen LogP contribution in [0.2, 0.25) is 0 Å². The summed E-state index contributed by atoms with van der Waals surface area (Å²) >= 11 is 0. The molecule has 2 heterocycles. The molecule has 0 aliphatic heterocycles. The number of amides is 1. The van der Waals surface area contributed by atoms with E-state index in [1.165, 1.54) is 0 Å². The number of para-hydroxylation sites is 1. The van der Waals surface area contributed by atoms with E-state index in [1.807, 2.05) is 43.3 Å². The first-order chi connectivity index (χ1) is 15.7. The van der Waals surface area contributed by atoms with E-state index in [1.54, 1.807) is 30.6 Å². The molecule has 0 radical (unpaired) electrons. The largest absolute Gasteiger partial charge is 0.494 e. The van der Waals surface area contributed by atoms with E-state index in [0.717, 1.165) is 10.9 Å². The van der Waals surface area contributed by atoms with Gasteiger partial charge in [-0.05, 0) is 49.4 Å². The zero-order valence-electron chi connectivity index (χ0n) is 17.5. The topological polar surface area (TPSA) is 89.0 Å². The number of pyridine rings is 1. The molecule has 2 aromatic heterocycles. The molecule has 2 aromatic carbocycles. The Morgan fingerprint density at radius 3 is 2.75 bits per heavy atom. The van der Waals surface area contributed by atoms with Crippen molar-refractivity contribution in [3.63, 3.8) is 0 Å². The van der Waals surface area contributed by atoms with Gasteiger partial charge in [-0.1, -0.05) is 12.1 Å². The fourth-order valence-corrected chi connectivity index (χ4v) is 3.26. The van der Waals surface area contributed by atoms with E-state index in [0.29, 0.717) is 40.8 Å². The smallest absolute Gasteiger partial charge is 0.253 e. The van der Waals surface area contributed by atoms with Crippen LogP contribution in [0.5, 0.6) is 5.75 Å². The molecule has 0 bridgehead atoms. The molecule has 0 atom stereocenters. The maximum absolute atomic E-state index is 12.5. The van der Waals surface area contributed by atoms with Crippen LogP contribution in [-0.2, 0) is 0 Å². The highest BCUT2D eigenvalue weighted by Gasteiger charge is 2.15. The third-order valence-electron chi connectivity index (χ3n) is 4.70. The molecular weight excluding hydrogens is 409 g/mol. The number of fused-ring (bicyclic) bond motifs is 1. The van der Waals surface area contributed by atoms with Crippen molar-refractivity contribution in [2.45, 2.75) is 6.92 Å². The standard InChI is InChI=1S/C24H22FN5O2/c1-2-32-17-9-10-21-19(14-17)23(30-22(28-21)16-6-5-12-26-15-16)29-20-8-4-3-7-18(20)24(31)27-13-11-25/h3-10,12,14-15H,2,11,13H2,1H3,(H,27,31)(H,28,29,30). The summed E-state index contributed by atoms with van der Waals surface area (Å²) in [5.74, 6) is 1.33. The van der Waals surface area contributed by atoms with Gasteiger partial charge in [0.15, 0.2) is 5.82 Å². The molecule has 0 fully saturated rings. The summed E-state index contributed by atoms with van der Waals surface area (Å²) in [6.07, 6.45) is 3.38. The fourth-order valence-electron chi connectivity index (χ4n) is 3.26.